The van der Waals surface area contributed by atoms with Crippen LogP contribution in [-0.4, -0.2) is 54.0 Å². The van der Waals surface area contributed by atoms with E-state index in [1.165, 1.54) is 0 Å². The van der Waals surface area contributed by atoms with Crippen molar-refractivity contribution >= 4 is 5.91 Å². The molecule has 15 heavy (non-hydrogen) atoms. The smallest absolute Gasteiger partial charge is 0.244 e. The van der Waals surface area contributed by atoms with E-state index in [4.69, 9.17) is 5.73 Å². The topological polar surface area (TPSA) is 49.6 Å². The number of carbonyl (C=O) groups is 1. The Balaban J connectivity index is 2.67. The predicted molar refractivity (Wildman–Crippen MR) is 61.6 cm³/mol. The van der Waals surface area contributed by atoms with Crippen molar-refractivity contribution in [1.29, 1.82) is 0 Å². The third-order valence-electron chi connectivity index (χ3n) is 3.35. The Morgan fingerprint density at radius 3 is 2.60 bits per heavy atom. The Morgan fingerprint density at radius 1 is 1.60 bits per heavy atom. The molecule has 0 aromatic rings. The molecule has 0 aromatic heterocycles. The van der Waals surface area contributed by atoms with E-state index < -0.39 is 5.54 Å². The van der Waals surface area contributed by atoms with Gasteiger partial charge in [-0.3, -0.25) is 4.79 Å². The number of likely N-dealkylation sites (tertiary alicyclic amines) is 1. The largest absolute Gasteiger partial charge is 0.342 e. The fourth-order valence-corrected chi connectivity index (χ4v) is 1.94. The number of carbonyl (C=O) groups excluding carboxylic acids is 1. The minimum atomic E-state index is -0.658. The molecule has 1 unspecified atom stereocenters. The molecule has 1 fully saturated rings. The lowest BCUT2D eigenvalue weighted by Gasteiger charge is -2.31. The Hall–Kier alpha value is -0.610. The number of nitrogens with two attached hydrogens (primary N) is 1. The van der Waals surface area contributed by atoms with Crippen molar-refractivity contribution < 1.29 is 4.79 Å². The predicted octanol–water partition coefficient (Wildman–Crippen LogP) is 0.276. The van der Waals surface area contributed by atoms with Gasteiger partial charge >= 0.3 is 0 Å². The van der Waals surface area contributed by atoms with Crippen LogP contribution in [0.25, 0.3) is 0 Å². The van der Waals surface area contributed by atoms with Crippen LogP contribution in [0, 0.1) is 0 Å². The van der Waals surface area contributed by atoms with Crippen molar-refractivity contribution in [3.05, 3.63) is 0 Å². The summed E-state index contributed by atoms with van der Waals surface area (Å²) in [5.41, 5.74) is 5.52. The van der Waals surface area contributed by atoms with E-state index in [9.17, 15) is 4.79 Å². The van der Waals surface area contributed by atoms with E-state index in [1.54, 1.807) is 4.90 Å². The molecule has 0 aliphatic carbocycles. The standard InChI is InChI=1S/C11H23N3O/c1-5-14-7-6-11(12,8-14)10(15)13(4)9(2)3/h9H,5-8,12H2,1-4H3. The van der Waals surface area contributed by atoms with E-state index in [0.717, 1.165) is 19.5 Å². The summed E-state index contributed by atoms with van der Waals surface area (Å²) in [4.78, 5) is 16.1. The molecule has 2 N–H and O–H groups in total. The molecule has 0 radical (unpaired) electrons. The first-order chi connectivity index (χ1) is 6.90. The summed E-state index contributed by atoms with van der Waals surface area (Å²) < 4.78 is 0. The Labute approximate surface area is 92.4 Å². The average molecular weight is 213 g/mol. The second-order valence-electron chi connectivity index (χ2n) is 4.78. The second kappa shape index (κ2) is 4.49. The number of hydrogen-bond donors (Lipinski definition) is 1. The number of likely N-dealkylation sites (N-methyl/N-ethyl adjacent to an activating group) is 2. The molecule has 1 saturated heterocycles. The molecule has 1 amide bonds. The van der Waals surface area contributed by atoms with Crippen LogP contribution in [0.1, 0.15) is 27.2 Å². The van der Waals surface area contributed by atoms with Gasteiger partial charge in [-0.25, -0.2) is 0 Å². The van der Waals surface area contributed by atoms with Gasteiger partial charge in [0.1, 0.15) is 5.54 Å². The first-order valence-corrected chi connectivity index (χ1v) is 5.69. The fraction of sp³-hybridized carbons (Fsp3) is 0.909. The highest BCUT2D eigenvalue weighted by molar-refractivity contribution is 5.86. The monoisotopic (exact) mass is 213 g/mol. The molecule has 1 aliphatic rings. The molecular weight excluding hydrogens is 190 g/mol. The Kier molecular flexibility index (Phi) is 3.73. The zero-order valence-corrected chi connectivity index (χ0v) is 10.3. The van der Waals surface area contributed by atoms with E-state index in [2.05, 4.69) is 11.8 Å². The molecule has 4 heteroatoms. The van der Waals surface area contributed by atoms with Crippen LogP contribution in [0.2, 0.25) is 0 Å². The highest BCUT2D eigenvalue weighted by atomic mass is 16.2. The maximum atomic E-state index is 12.1. The minimum Gasteiger partial charge on any atom is -0.342 e. The maximum Gasteiger partial charge on any atom is 0.244 e. The third kappa shape index (κ3) is 2.49. The van der Waals surface area contributed by atoms with Crippen molar-refractivity contribution in [2.45, 2.75) is 38.8 Å². The van der Waals surface area contributed by atoms with Crippen LogP contribution >= 0.6 is 0 Å². The summed E-state index contributed by atoms with van der Waals surface area (Å²) in [5, 5.41) is 0. The van der Waals surface area contributed by atoms with E-state index in [-0.39, 0.29) is 11.9 Å². The Morgan fingerprint density at radius 2 is 2.20 bits per heavy atom. The fourth-order valence-electron chi connectivity index (χ4n) is 1.94. The first kappa shape index (κ1) is 12.5. The van der Waals surface area contributed by atoms with Gasteiger partial charge in [-0.05, 0) is 26.8 Å². The van der Waals surface area contributed by atoms with Crippen LogP contribution in [0.5, 0.6) is 0 Å². The van der Waals surface area contributed by atoms with Gasteiger partial charge in [0.05, 0.1) is 0 Å². The lowest BCUT2D eigenvalue weighted by molar-refractivity contribution is -0.136. The van der Waals surface area contributed by atoms with E-state index >= 15 is 0 Å². The van der Waals surface area contributed by atoms with Crippen LogP contribution in [0.15, 0.2) is 0 Å². The first-order valence-electron chi connectivity index (χ1n) is 5.69. The zero-order chi connectivity index (χ0) is 11.6. The van der Waals surface area contributed by atoms with Crippen molar-refractivity contribution in [2.75, 3.05) is 26.7 Å². The van der Waals surface area contributed by atoms with Gasteiger partial charge in [-0.2, -0.15) is 0 Å². The molecule has 0 bridgehead atoms. The summed E-state index contributed by atoms with van der Waals surface area (Å²) in [6, 6.07) is 0.216. The van der Waals surface area contributed by atoms with Gasteiger partial charge in [0, 0.05) is 26.2 Å². The van der Waals surface area contributed by atoms with Crippen LogP contribution in [-0.2, 0) is 4.79 Å². The Bertz CT molecular complexity index is 242. The van der Waals surface area contributed by atoms with Crippen molar-refractivity contribution in [3.8, 4) is 0 Å². The molecule has 4 nitrogen and oxygen atoms in total. The molecule has 0 spiro atoms. The van der Waals surface area contributed by atoms with E-state index in [1.807, 2.05) is 20.9 Å². The molecular formula is C11H23N3O. The molecule has 1 aliphatic heterocycles. The normalized spacial score (nSPS) is 27.3. The molecule has 0 aromatic carbocycles. The molecule has 1 atom stereocenters. The van der Waals surface area contributed by atoms with Crippen molar-refractivity contribution in [3.63, 3.8) is 0 Å². The van der Waals surface area contributed by atoms with Crippen molar-refractivity contribution in [1.82, 2.24) is 9.80 Å². The number of nitrogens with zero attached hydrogens (tertiary/aromatic N) is 2. The highest BCUT2D eigenvalue weighted by Crippen LogP contribution is 2.21. The third-order valence-corrected chi connectivity index (χ3v) is 3.35. The summed E-state index contributed by atoms with van der Waals surface area (Å²) in [5.74, 6) is 0.0773. The quantitative estimate of drug-likeness (QED) is 0.732. The van der Waals surface area contributed by atoms with Crippen LogP contribution in [0.4, 0.5) is 0 Å². The van der Waals surface area contributed by atoms with Gasteiger partial charge in [0.25, 0.3) is 0 Å². The van der Waals surface area contributed by atoms with E-state index in [0.29, 0.717) is 6.54 Å². The van der Waals surface area contributed by atoms with Gasteiger partial charge in [0.15, 0.2) is 0 Å². The summed E-state index contributed by atoms with van der Waals surface area (Å²) >= 11 is 0. The summed E-state index contributed by atoms with van der Waals surface area (Å²) in [7, 11) is 1.83. The van der Waals surface area contributed by atoms with Gasteiger partial charge in [-0.15, -0.1) is 0 Å². The zero-order valence-electron chi connectivity index (χ0n) is 10.3. The van der Waals surface area contributed by atoms with Gasteiger partial charge in [-0.1, -0.05) is 6.92 Å². The number of amides is 1. The number of rotatable bonds is 3. The van der Waals surface area contributed by atoms with Crippen LogP contribution in [0.3, 0.4) is 0 Å². The summed E-state index contributed by atoms with van der Waals surface area (Å²) in [6.45, 7) is 8.71. The maximum absolute atomic E-state index is 12.1. The minimum absolute atomic E-state index is 0.0773. The molecule has 0 saturated carbocycles. The van der Waals surface area contributed by atoms with Gasteiger partial charge < -0.3 is 15.5 Å². The SMILES string of the molecule is CCN1CCC(N)(C(=O)N(C)C(C)C)C1. The van der Waals surface area contributed by atoms with Gasteiger partial charge in [0.2, 0.25) is 5.91 Å². The summed E-state index contributed by atoms with van der Waals surface area (Å²) in [6.07, 6.45) is 0.775. The highest BCUT2D eigenvalue weighted by Gasteiger charge is 2.42. The second-order valence-corrected chi connectivity index (χ2v) is 4.78. The average Bonchev–Trinajstić information content (AvgIpc) is 2.59. The lowest BCUT2D eigenvalue weighted by atomic mass is 9.98. The molecule has 88 valence electrons. The number of hydrogen-bond acceptors (Lipinski definition) is 3. The van der Waals surface area contributed by atoms with Crippen molar-refractivity contribution in [2.24, 2.45) is 5.73 Å². The van der Waals surface area contributed by atoms with Crippen LogP contribution < -0.4 is 5.73 Å². The molecule has 1 heterocycles. The molecule has 1 rings (SSSR count). The lowest BCUT2D eigenvalue weighted by Crippen LogP contribution is -2.57.